The molecule has 1 atom stereocenters. The molecule has 0 radical (unpaired) electrons. The highest BCUT2D eigenvalue weighted by molar-refractivity contribution is 7.89. The second-order valence-corrected chi connectivity index (χ2v) is 6.87. The number of rotatable bonds is 5. The van der Waals surface area contributed by atoms with Gasteiger partial charge in [-0.25, -0.2) is 13.1 Å². The minimum absolute atomic E-state index is 0.0405. The highest BCUT2D eigenvalue weighted by Gasteiger charge is 2.21. The summed E-state index contributed by atoms with van der Waals surface area (Å²) in [5, 5.41) is 9.35. The third-order valence-electron chi connectivity index (χ3n) is 3.30. The van der Waals surface area contributed by atoms with E-state index in [9.17, 15) is 13.5 Å². The van der Waals surface area contributed by atoms with Crippen LogP contribution in [0.25, 0.3) is 0 Å². The van der Waals surface area contributed by atoms with E-state index in [1.165, 1.54) is 18.2 Å². The summed E-state index contributed by atoms with van der Waals surface area (Å²) in [6.45, 7) is 5.39. The molecule has 4 N–H and O–H groups in total. The minimum Gasteiger partial charge on any atom is -0.506 e. The van der Waals surface area contributed by atoms with Crippen molar-refractivity contribution in [3.05, 3.63) is 18.2 Å². The molecule has 118 valence electrons. The van der Waals surface area contributed by atoms with Gasteiger partial charge in [-0.2, -0.15) is 0 Å². The lowest BCUT2D eigenvalue weighted by Crippen LogP contribution is -2.45. The van der Waals surface area contributed by atoms with Crippen molar-refractivity contribution in [1.29, 1.82) is 0 Å². The topological polar surface area (TPSA) is 105 Å². The van der Waals surface area contributed by atoms with Crippen molar-refractivity contribution in [3.63, 3.8) is 0 Å². The van der Waals surface area contributed by atoms with Gasteiger partial charge in [-0.3, -0.25) is 4.90 Å². The zero-order valence-electron chi connectivity index (χ0n) is 11.9. The van der Waals surface area contributed by atoms with Gasteiger partial charge in [0.25, 0.3) is 0 Å². The van der Waals surface area contributed by atoms with Gasteiger partial charge in [0, 0.05) is 25.7 Å². The van der Waals surface area contributed by atoms with E-state index in [4.69, 9.17) is 10.5 Å². The van der Waals surface area contributed by atoms with Crippen molar-refractivity contribution in [2.24, 2.45) is 0 Å². The lowest BCUT2D eigenvalue weighted by Gasteiger charge is -2.29. The molecule has 0 spiro atoms. The number of nitrogen functional groups attached to an aromatic ring is 1. The fraction of sp³-hybridized carbons (Fsp3) is 0.538. The predicted octanol–water partition coefficient (Wildman–Crippen LogP) is -0.0266. The molecule has 1 unspecified atom stereocenters. The van der Waals surface area contributed by atoms with Crippen LogP contribution >= 0.6 is 0 Å². The van der Waals surface area contributed by atoms with Crippen LogP contribution in [0.2, 0.25) is 0 Å². The Morgan fingerprint density at radius 1 is 1.43 bits per heavy atom. The van der Waals surface area contributed by atoms with Crippen molar-refractivity contribution >= 4 is 15.7 Å². The number of hydrogen-bond acceptors (Lipinski definition) is 6. The second-order valence-electron chi connectivity index (χ2n) is 5.16. The molecule has 1 fully saturated rings. The summed E-state index contributed by atoms with van der Waals surface area (Å²) in [7, 11) is -3.65. The van der Waals surface area contributed by atoms with Crippen LogP contribution in [0.15, 0.2) is 23.1 Å². The number of ether oxygens (including phenoxy) is 1. The molecule has 0 saturated carbocycles. The van der Waals surface area contributed by atoms with Crippen LogP contribution in [-0.2, 0) is 14.8 Å². The average molecular weight is 315 g/mol. The van der Waals surface area contributed by atoms with Crippen LogP contribution in [0.3, 0.4) is 0 Å². The molecule has 1 aromatic rings. The van der Waals surface area contributed by atoms with Crippen LogP contribution in [0, 0.1) is 0 Å². The maximum atomic E-state index is 12.3. The van der Waals surface area contributed by atoms with Gasteiger partial charge in [-0.15, -0.1) is 0 Å². The SMILES string of the molecule is CC(CN1CCOCC1)NS(=O)(=O)c1ccc(O)c(N)c1. The molecule has 0 bridgehead atoms. The van der Waals surface area contributed by atoms with E-state index in [0.717, 1.165) is 13.1 Å². The van der Waals surface area contributed by atoms with Gasteiger partial charge in [-0.1, -0.05) is 0 Å². The maximum absolute atomic E-state index is 12.3. The number of morpholine rings is 1. The zero-order valence-corrected chi connectivity index (χ0v) is 12.8. The normalized spacial score (nSPS) is 18.5. The molecule has 1 saturated heterocycles. The lowest BCUT2D eigenvalue weighted by atomic mass is 10.3. The number of phenols is 1. The average Bonchev–Trinajstić information content (AvgIpc) is 2.42. The number of benzene rings is 1. The van der Waals surface area contributed by atoms with Gasteiger partial charge in [0.15, 0.2) is 0 Å². The van der Waals surface area contributed by atoms with Crippen LogP contribution in [0.1, 0.15) is 6.92 Å². The second kappa shape index (κ2) is 6.61. The third-order valence-corrected chi connectivity index (χ3v) is 4.89. The van der Waals surface area contributed by atoms with E-state index in [1.54, 1.807) is 0 Å². The first-order valence-electron chi connectivity index (χ1n) is 6.79. The van der Waals surface area contributed by atoms with Gasteiger partial charge in [-0.05, 0) is 25.1 Å². The number of nitrogens with two attached hydrogens (primary N) is 1. The number of nitrogens with one attached hydrogen (secondary N) is 1. The van der Waals surface area contributed by atoms with Crippen LogP contribution in [-0.4, -0.2) is 57.3 Å². The molecule has 0 amide bonds. The molecule has 0 aliphatic carbocycles. The van der Waals surface area contributed by atoms with E-state index < -0.39 is 10.0 Å². The molecule has 8 heteroatoms. The van der Waals surface area contributed by atoms with Crippen molar-refractivity contribution in [2.75, 3.05) is 38.6 Å². The van der Waals surface area contributed by atoms with Crippen molar-refractivity contribution in [2.45, 2.75) is 17.9 Å². The number of hydrogen-bond donors (Lipinski definition) is 3. The number of anilines is 1. The number of sulfonamides is 1. The highest BCUT2D eigenvalue weighted by atomic mass is 32.2. The molecule has 7 nitrogen and oxygen atoms in total. The number of aromatic hydroxyl groups is 1. The van der Waals surface area contributed by atoms with Crippen molar-refractivity contribution in [3.8, 4) is 5.75 Å². The van der Waals surface area contributed by atoms with Crippen molar-refractivity contribution in [1.82, 2.24) is 9.62 Å². The Morgan fingerprint density at radius 3 is 2.71 bits per heavy atom. The first kappa shape index (κ1) is 16.0. The fourth-order valence-corrected chi connectivity index (χ4v) is 3.51. The molecular weight excluding hydrogens is 294 g/mol. The van der Waals surface area contributed by atoms with Gasteiger partial charge in [0.1, 0.15) is 5.75 Å². The standard InChI is InChI=1S/C13H21N3O4S/c1-10(9-16-4-6-20-7-5-16)15-21(18,19)11-2-3-13(17)12(14)8-11/h2-3,8,10,15,17H,4-7,9,14H2,1H3. The van der Waals surface area contributed by atoms with E-state index in [0.29, 0.717) is 19.8 Å². The summed E-state index contributed by atoms with van der Waals surface area (Å²) in [4.78, 5) is 2.20. The summed E-state index contributed by atoms with van der Waals surface area (Å²) < 4.78 is 32.4. The molecule has 0 aromatic heterocycles. The number of nitrogens with zero attached hydrogens (tertiary/aromatic N) is 1. The Kier molecular flexibility index (Phi) is 5.04. The first-order valence-corrected chi connectivity index (χ1v) is 8.28. The largest absolute Gasteiger partial charge is 0.506 e. The van der Waals surface area contributed by atoms with Gasteiger partial charge < -0.3 is 15.6 Å². The highest BCUT2D eigenvalue weighted by Crippen LogP contribution is 2.23. The van der Waals surface area contributed by atoms with E-state index in [-0.39, 0.29) is 22.4 Å². The summed E-state index contributed by atoms with van der Waals surface area (Å²) in [5.41, 5.74) is 5.57. The number of phenolic OH excluding ortho intramolecular Hbond substituents is 1. The Hall–Kier alpha value is -1.35. The molecule has 2 rings (SSSR count). The Labute approximate surface area is 124 Å². The Morgan fingerprint density at radius 2 is 2.10 bits per heavy atom. The Bertz CT molecular complexity index is 585. The van der Waals surface area contributed by atoms with Gasteiger partial charge in [0.2, 0.25) is 10.0 Å². The first-order chi connectivity index (χ1) is 9.88. The van der Waals surface area contributed by atoms with Crippen LogP contribution in [0.5, 0.6) is 5.75 Å². The molecule has 21 heavy (non-hydrogen) atoms. The third kappa shape index (κ3) is 4.31. The van der Waals surface area contributed by atoms with Crippen LogP contribution < -0.4 is 10.5 Å². The minimum atomic E-state index is -3.65. The van der Waals surface area contributed by atoms with E-state index in [2.05, 4.69) is 9.62 Å². The monoisotopic (exact) mass is 315 g/mol. The molecule has 1 aliphatic rings. The Balaban J connectivity index is 2.00. The zero-order chi connectivity index (χ0) is 15.5. The van der Waals surface area contributed by atoms with Crippen LogP contribution in [0.4, 0.5) is 5.69 Å². The molecule has 1 aliphatic heterocycles. The smallest absolute Gasteiger partial charge is 0.240 e. The van der Waals surface area contributed by atoms with E-state index in [1.807, 2.05) is 6.92 Å². The lowest BCUT2D eigenvalue weighted by molar-refractivity contribution is 0.0354. The van der Waals surface area contributed by atoms with Crippen molar-refractivity contribution < 1.29 is 18.3 Å². The summed E-state index contributed by atoms with van der Waals surface area (Å²) >= 11 is 0. The predicted molar refractivity (Wildman–Crippen MR) is 79.6 cm³/mol. The molecular formula is C13H21N3O4S. The maximum Gasteiger partial charge on any atom is 0.240 e. The quantitative estimate of drug-likeness (QED) is 0.521. The fourth-order valence-electron chi connectivity index (χ4n) is 2.24. The van der Waals surface area contributed by atoms with E-state index >= 15 is 0 Å². The summed E-state index contributed by atoms with van der Waals surface area (Å²) in [5.74, 6) is -0.129. The summed E-state index contributed by atoms with van der Waals surface area (Å²) in [6, 6.07) is 3.62. The van der Waals surface area contributed by atoms with Gasteiger partial charge >= 0.3 is 0 Å². The molecule has 1 heterocycles. The molecule has 1 aromatic carbocycles. The summed E-state index contributed by atoms with van der Waals surface area (Å²) in [6.07, 6.45) is 0. The van der Waals surface area contributed by atoms with Gasteiger partial charge in [0.05, 0.1) is 23.8 Å².